The molecular weight excluding hydrogens is 394 g/mol. The number of halogens is 1. The van der Waals surface area contributed by atoms with E-state index in [0.29, 0.717) is 42.2 Å². The van der Waals surface area contributed by atoms with Gasteiger partial charge in [0, 0.05) is 40.3 Å². The summed E-state index contributed by atoms with van der Waals surface area (Å²) in [6.07, 6.45) is 9.56. The third kappa shape index (κ3) is 4.79. The molecule has 2 aromatic rings. The highest BCUT2D eigenvalue weighted by Gasteiger charge is 2.37. The van der Waals surface area contributed by atoms with E-state index in [1.165, 1.54) is 18.4 Å². The Morgan fingerprint density at radius 3 is 2.57 bits per heavy atom. The molecular formula is C21H27ClN3O2S+. The Bertz CT molecular complexity index is 748. The average Bonchev–Trinajstić information content (AvgIpc) is 3.26. The van der Waals surface area contributed by atoms with E-state index in [1.54, 1.807) is 0 Å². The van der Waals surface area contributed by atoms with E-state index in [4.69, 9.17) is 16.3 Å². The Morgan fingerprint density at radius 2 is 1.89 bits per heavy atom. The minimum absolute atomic E-state index is 0.0350. The van der Waals surface area contributed by atoms with Crippen LogP contribution in [0.3, 0.4) is 0 Å². The van der Waals surface area contributed by atoms with Gasteiger partial charge in [0.2, 0.25) is 0 Å². The molecule has 1 aliphatic heterocycles. The van der Waals surface area contributed by atoms with Crippen molar-refractivity contribution in [3.63, 3.8) is 0 Å². The van der Waals surface area contributed by atoms with Crippen LogP contribution in [-0.2, 0) is 27.0 Å². The first-order chi connectivity index (χ1) is 13.7. The standard InChI is InChI=1S/C21H27ClN3O2S/c22-17-4-2-16(3-5-17)12-20-14-27-21(15-28-26)13-24(20)18-6-8-19(9-7-18)25-11-1-10-23-25/h1-5,10-11,18-21H,6-9,12-15H2/q+1/t18?,19?,20-,21+/m0/s1. The van der Waals surface area contributed by atoms with Crippen LogP contribution in [0.1, 0.15) is 37.3 Å². The summed E-state index contributed by atoms with van der Waals surface area (Å²) in [5.74, 6) is 0.521. The third-order valence-corrected chi connectivity index (χ3v) is 6.84. The van der Waals surface area contributed by atoms with Crippen molar-refractivity contribution < 1.29 is 8.95 Å². The average molecular weight is 421 g/mol. The normalized spacial score (nSPS) is 28.9. The molecule has 0 radical (unpaired) electrons. The van der Waals surface area contributed by atoms with Crippen LogP contribution in [0.25, 0.3) is 0 Å². The Morgan fingerprint density at radius 1 is 1.14 bits per heavy atom. The van der Waals surface area contributed by atoms with Crippen LogP contribution in [0.2, 0.25) is 5.02 Å². The van der Waals surface area contributed by atoms with Gasteiger partial charge < -0.3 is 4.74 Å². The monoisotopic (exact) mass is 420 g/mol. The summed E-state index contributed by atoms with van der Waals surface area (Å²) >= 11 is 6.67. The number of hydrogen-bond donors (Lipinski definition) is 0. The number of benzene rings is 1. The van der Waals surface area contributed by atoms with Crippen LogP contribution in [0.5, 0.6) is 0 Å². The lowest BCUT2D eigenvalue weighted by molar-refractivity contribution is -0.0762. The Kier molecular flexibility index (Phi) is 6.73. The molecule has 150 valence electrons. The van der Waals surface area contributed by atoms with Crippen molar-refractivity contribution in [2.24, 2.45) is 0 Å². The van der Waals surface area contributed by atoms with Crippen LogP contribution in [0.15, 0.2) is 42.7 Å². The van der Waals surface area contributed by atoms with Gasteiger partial charge in [0.05, 0.1) is 12.6 Å². The fourth-order valence-corrected chi connectivity index (χ4v) is 5.10. The quantitative estimate of drug-likeness (QED) is 0.667. The zero-order chi connectivity index (χ0) is 19.3. The number of nitrogens with zero attached hydrogens (tertiary/aromatic N) is 3. The van der Waals surface area contributed by atoms with Crippen molar-refractivity contribution in [3.05, 3.63) is 53.3 Å². The molecule has 5 nitrogen and oxygen atoms in total. The van der Waals surface area contributed by atoms with Crippen molar-refractivity contribution in [2.75, 3.05) is 18.9 Å². The SMILES string of the molecule is O=[S+]C[C@H]1CN(C2CCC(n3cccn3)CC2)[C@@H](Cc2ccc(Cl)cc2)CO1. The summed E-state index contributed by atoms with van der Waals surface area (Å²) in [6, 6.07) is 11.5. The van der Waals surface area contributed by atoms with Gasteiger partial charge in [-0.1, -0.05) is 23.7 Å². The highest BCUT2D eigenvalue weighted by molar-refractivity contribution is 7.65. The predicted octanol–water partition coefficient (Wildman–Crippen LogP) is 3.76. The van der Waals surface area contributed by atoms with Crippen molar-refractivity contribution in [3.8, 4) is 0 Å². The van der Waals surface area contributed by atoms with Crippen molar-refractivity contribution >= 4 is 23.3 Å². The van der Waals surface area contributed by atoms with Gasteiger partial charge in [-0.3, -0.25) is 9.58 Å². The first-order valence-corrected chi connectivity index (χ1v) is 11.4. The van der Waals surface area contributed by atoms with Crippen LogP contribution < -0.4 is 0 Å². The molecule has 1 aromatic heterocycles. The van der Waals surface area contributed by atoms with Crippen molar-refractivity contribution in [2.45, 2.75) is 56.3 Å². The molecule has 0 unspecified atom stereocenters. The van der Waals surface area contributed by atoms with E-state index in [1.807, 2.05) is 24.4 Å². The maximum atomic E-state index is 11.1. The van der Waals surface area contributed by atoms with E-state index in [0.717, 1.165) is 30.8 Å². The molecule has 0 spiro atoms. The Hall–Kier alpha value is -1.34. The molecule has 4 rings (SSSR count). The second-order valence-corrected chi connectivity index (χ2v) is 8.87. The van der Waals surface area contributed by atoms with Gasteiger partial charge in [0.25, 0.3) is 5.75 Å². The minimum Gasteiger partial charge on any atom is -0.369 e. The van der Waals surface area contributed by atoms with Gasteiger partial charge in [0.15, 0.2) is 0 Å². The molecule has 1 aliphatic carbocycles. The molecule has 0 amide bonds. The largest absolute Gasteiger partial charge is 0.461 e. The summed E-state index contributed by atoms with van der Waals surface area (Å²) < 4.78 is 19.2. The number of ether oxygens (including phenoxy) is 1. The lowest BCUT2D eigenvalue weighted by atomic mass is 9.88. The molecule has 0 N–H and O–H groups in total. The fraction of sp³-hybridized carbons (Fsp3) is 0.571. The Labute approximate surface area is 175 Å². The molecule has 1 saturated heterocycles. The van der Waals surface area contributed by atoms with Gasteiger partial charge in [-0.05, 0) is 55.9 Å². The second-order valence-electron chi connectivity index (χ2n) is 7.87. The summed E-state index contributed by atoms with van der Waals surface area (Å²) in [5, 5.41) is 5.20. The maximum absolute atomic E-state index is 11.1. The molecule has 7 heteroatoms. The molecule has 2 aliphatic rings. The van der Waals surface area contributed by atoms with Gasteiger partial charge in [0.1, 0.15) is 6.10 Å². The lowest BCUT2D eigenvalue weighted by Crippen LogP contribution is -2.56. The number of aromatic nitrogens is 2. The van der Waals surface area contributed by atoms with Gasteiger partial charge >= 0.3 is 11.7 Å². The first-order valence-electron chi connectivity index (χ1n) is 10.1. The number of morpholine rings is 1. The number of rotatable bonds is 6. The van der Waals surface area contributed by atoms with Gasteiger partial charge in [-0.15, -0.1) is 0 Å². The fourth-order valence-electron chi connectivity index (χ4n) is 4.62. The second kappa shape index (κ2) is 9.44. The molecule has 1 saturated carbocycles. The first kappa shape index (κ1) is 20.0. The van der Waals surface area contributed by atoms with E-state index < -0.39 is 0 Å². The van der Waals surface area contributed by atoms with Crippen LogP contribution in [-0.4, -0.2) is 51.8 Å². The predicted molar refractivity (Wildman–Crippen MR) is 112 cm³/mol. The van der Waals surface area contributed by atoms with Crippen LogP contribution in [0.4, 0.5) is 0 Å². The highest BCUT2D eigenvalue weighted by Crippen LogP contribution is 2.33. The van der Waals surface area contributed by atoms with Crippen molar-refractivity contribution in [1.82, 2.24) is 14.7 Å². The van der Waals surface area contributed by atoms with E-state index in [-0.39, 0.29) is 6.10 Å². The summed E-state index contributed by atoms with van der Waals surface area (Å²) in [5.41, 5.74) is 1.28. The molecule has 0 bridgehead atoms. The molecule has 28 heavy (non-hydrogen) atoms. The maximum Gasteiger partial charge on any atom is 0.461 e. The zero-order valence-electron chi connectivity index (χ0n) is 16.0. The molecule has 1 aromatic carbocycles. The summed E-state index contributed by atoms with van der Waals surface area (Å²) in [7, 11) is 0. The van der Waals surface area contributed by atoms with E-state index in [2.05, 4.69) is 33.0 Å². The summed E-state index contributed by atoms with van der Waals surface area (Å²) in [4.78, 5) is 2.62. The third-order valence-electron chi connectivity index (χ3n) is 6.08. The van der Waals surface area contributed by atoms with Gasteiger partial charge in [-0.2, -0.15) is 5.10 Å². The lowest BCUT2D eigenvalue weighted by Gasteiger charge is -2.45. The topological polar surface area (TPSA) is 47.4 Å². The molecule has 2 heterocycles. The van der Waals surface area contributed by atoms with E-state index in [9.17, 15) is 4.21 Å². The zero-order valence-corrected chi connectivity index (χ0v) is 17.5. The van der Waals surface area contributed by atoms with Crippen LogP contribution >= 0.6 is 11.6 Å². The van der Waals surface area contributed by atoms with Crippen molar-refractivity contribution in [1.29, 1.82) is 0 Å². The minimum atomic E-state index is 0.0350. The number of hydrogen-bond acceptors (Lipinski definition) is 4. The van der Waals surface area contributed by atoms with E-state index >= 15 is 0 Å². The van der Waals surface area contributed by atoms with Gasteiger partial charge in [-0.25, -0.2) is 0 Å². The molecule has 2 atom stereocenters. The Balaban J connectivity index is 1.43. The summed E-state index contributed by atoms with van der Waals surface area (Å²) in [6.45, 7) is 1.54. The molecule has 2 fully saturated rings. The smallest absolute Gasteiger partial charge is 0.369 e. The highest BCUT2D eigenvalue weighted by atomic mass is 35.5. The van der Waals surface area contributed by atoms with Crippen LogP contribution in [0, 0.1) is 0 Å².